The Bertz CT molecular complexity index is 1910. The summed E-state index contributed by atoms with van der Waals surface area (Å²) in [5, 5.41) is 3.63. The maximum absolute atomic E-state index is 6.27. The van der Waals surface area contributed by atoms with Crippen molar-refractivity contribution in [2.75, 3.05) is 0 Å². The van der Waals surface area contributed by atoms with Crippen molar-refractivity contribution in [1.29, 1.82) is 0 Å². The van der Waals surface area contributed by atoms with Crippen molar-refractivity contribution < 1.29 is 4.42 Å². The van der Waals surface area contributed by atoms with Crippen molar-refractivity contribution in [3.8, 4) is 34.3 Å². The molecule has 170 valence electrons. The van der Waals surface area contributed by atoms with Crippen LogP contribution in [0.15, 0.2) is 108 Å². The van der Waals surface area contributed by atoms with Gasteiger partial charge in [0.15, 0.2) is 17.5 Å². The lowest BCUT2D eigenvalue weighted by molar-refractivity contribution is 0.669. The number of hydrogen-bond donors (Lipinski definition) is 0. The van der Waals surface area contributed by atoms with E-state index in [1.54, 1.807) is 0 Å². The minimum absolute atomic E-state index is 0.501. The van der Waals surface area contributed by atoms with Crippen LogP contribution in [0.4, 0.5) is 0 Å². The van der Waals surface area contributed by atoms with Crippen molar-refractivity contribution in [2.24, 2.45) is 0 Å². The van der Waals surface area contributed by atoms with Gasteiger partial charge in [-0.25, -0.2) is 19.9 Å². The summed E-state index contributed by atoms with van der Waals surface area (Å²) in [6, 6.07) is 33.4. The molecule has 7 rings (SSSR count). The Hall–Kier alpha value is -4.61. The molecule has 0 bridgehead atoms. The van der Waals surface area contributed by atoms with Gasteiger partial charge in [0.25, 0.3) is 0 Å². The number of para-hydroxylation sites is 2. The van der Waals surface area contributed by atoms with Gasteiger partial charge < -0.3 is 4.42 Å². The Labute approximate surface area is 211 Å². The summed E-state index contributed by atoms with van der Waals surface area (Å²) in [6.45, 7) is 0. The number of hydrogen-bond acceptors (Lipinski definition) is 5. The van der Waals surface area contributed by atoms with Gasteiger partial charge in [-0.15, -0.1) is 0 Å². The maximum Gasteiger partial charge on any atom is 0.182 e. The Balaban J connectivity index is 1.49. The van der Waals surface area contributed by atoms with Crippen molar-refractivity contribution in [1.82, 2.24) is 19.9 Å². The highest BCUT2D eigenvalue weighted by Gasteiger charge is 2.18. The zero-order valence-corrected chi connectivity index (χ0v) is 19.6. The van der Waals surface area contributed by atoms with Gasteiger partial charge in [0.1, 0.15) is 16.9 Å². The van der Waals surface area contributed by atoms with E-state index in [-0.39, 0.29) is 0 Å². The third-order valence-corrected chi connectivity index (χ3v) is 6.43. The predicted molar refractivity (Wildman–Crippen MR) is 144 cm³/mol. The molecule has 0 spiro atoms. The lowest BCUT2D eigenvalue weighted by Crippen LogP contribution is -2.01. The highest BCUT2D eigenvalue weighted by atomic mass is 35.5. The van der Waals surface area contributed by atoms with E-state index in [0.717, 1.165) is 38.4 Å². The summed E-state index contributed by atoms with van der Waals surface area (Å²) in [5.74, 6) is 1.59. The quantitative estimate of drug-likeness (QED) is 0.254. The van der Waals surface area contributed by atoms with Crippen LogP contribution in [0.2, 0.25) is 5.02 Å². The molecule has 0 radical (unpaired) electrons. The van der Waals surface area contributed by atoms with Crippen molar-refractivity contribution in [3.63, 3.8) is 0 Å². The molecule has 0 saturated heterocycles. The third-order valence-electron chi connectivity index (χ3n) is 6.19. The zero-order chi connectivity index (χ0) is 24.1. The lowest BCUT2D eigenvalue weighted by atomic mass is 10.1. The minimum atomic E-state index is 0.501. The van der Waals surface area contributed by atoms with Crippen molar-refractivity contribution in [3.05, 3.63) is 108 Å². The largest absolute Gasteiger partial charge is 0.455 e. The fourth-order valence-electron chi connectivity index (χ4n) is 4.46. The molecule has 0 saturated carbocycles. The smallest absolute Gasteiger partial charge is 0.182 e. The molecule has 0 atom stereocenters. The minimum Gasteiger partial charge on any atom is -0.455 e. The van der Waals surface area contributed by atoms with Gasteiger partial charge in [-0.1, -0.05) is 78.3 Å². The average Bonchev–Trinajstić information content (AvgIpc) is 3.31. The second-order valence-electron chi connectivity index (χ2n) is 8.49. The standard InChI is InChI=1S/C30H17ClN4O/c31-20-14-16-26-23(17-20)21-10-6-11-22(27(21)36-26)29-33-28(19-8-2-1-3-9-19)34-30(35-29)25-15-13-18-7-4-5-12-24(18)32-25/h1-17H. The van der Waals surface area contributed by atoms with Gasteiger partial charge in [-0.2, -0.15) is 0 Å². The van der Waals surface area contributed by atoms with Gasteiger partial charge in [-0.05, 0) is 36.4 Å². The first-order valence-corrected chi connectivity index (χ1v) is 11.9. The van der Waals surface area contributed by atoms with Gasteiger partial charge in [0.2, 0.25) is 0 Å². The highest BCUT2D eigenvalue weighted by Crippen LogP contribution is 2.36. The van der Waals surface area contributed by atoms with Gasteiger partial charge >= 0.3 is 0 Å². The first-order chi connectivity index (χ1) is 17.7. The van der Waals surface area contributed by atoms with E-state index in [9.17, 15) is 0 Å². The van der Waals surface area contributed by atoms with E-state index in [1.165, 1.54) is 0 Å². The Morgan fingerprint density at radius 1 is 0.583 bits per heavy atom. The van der Waals surface area contributed by atoms with Crippen LogP contribution in [0.1, 0.15) is 0 Å². The molecule has 0 aliphatic heterocycles. The first-order valence-electron chi connectivity index (χ1n) is 11.5. The number of nitrogens with zero attached hydrogens (tertiary/aromatic N) is 4. The number of benzene rings is 4. The fourth-order valence-corrected chi connectivity index (χ4v) is 4.64. The normalized spacial score (nSPS) is 11.5. The molecule has 0 amide bonds. The summed E-state index contributed by atoms with van der Waals surface area (Å²) in [5.41, 5.74) is 4.70. The Kier molecular flexibility index (Phi) is 4.76. The van der Waals surface area contributed by atoms with Crippen LogP contribution < -0.4 is 0 Å². The number of fused-ring (bicyclic) bond motifs is 4. The van der Waals surface area contributed by atoms with Crippen LogP contribution in [0.25, 0.3) is 67.1 Å². The summed E-state index contributed by atoms with van der Waals surface area (Å²) in [4.78, 5) is 19.4. The highest BCUT2D eigenvalue weighted by molar-refractivity contribution is 6.31. The van der Waals surface area contributed by atoms with E-state index in [1.807, 2.05) is 103 Å². The van der Waals surface area contributed by atoms with E-state index in [0.29, 0.717) is 33.8 Å². The number of furan rings is 1. The Morgan fingerprint density at radius 2 is 1.39 bits per heavy atom. The number of aromatic nitrogens is 4. The third kappa shape index (κ3) is 3.49. The molecule has 3 aromatic heterocycles. The lowest BCUT2D eigenvalue weighted by Gasteiger charge is -2.09. The molecule has 3 heterocycles. The summed E-state index contributed by atoms with van der Waals surface area (Å²) in [7, 11) is 0. The van der Waals surface area contributed by atoms with Crippen LogP contribution in [0, 0.1) is 0 Å². The van der Waals surface area contributed by atoms with Crippen LogP contribution in [-0.4, -0.2) is 19.9 Å². The molecule has 0 aliphatic rings. The van der Waals surface area contributed by atoms with Crippen LogP contribution in [0.3, 0.4) is 0 Å². The van der Waals surface area contributed by atoms with Crippen LogP contribution >= 0.6 is 11.6 Å². The molecule has 4 aromatic carbocycles. The Morgan fingerprint density at radius 3 is 2.31 bits per heavy atom. The first kappa shape index (κ1) is 20.7. The second kappa shape index (κ2) is 8.26. The second-order valence-corrected chi connectivity index (χ2v) is 8.92. The number of halogens is 1. The zero-order valence-electron chi connectivity index (χ0n) is 18.9. The molecule has 5 nitrogen and oxygen atoms in total. The van der Waals surface area contributed by atoms with Crippen LogP contribution in [-0.2, 0) is 0 Å². The molecular formula is C30H17ClN4O. The van der Waals surface area contributed by atoms with Gasteiger partial charge in [-0.3, -0.25) is 0 Å². The number of rotatable bonds is 3. The van der Waals surface area contributed by atoms with Crippen molar-refractivity contribution >= 4 is 44.4 Å². The fraction of sp³-hybridized carbons (Fsp3) is 0. The van der Waals surface area contributed by atoms with Gasteiger partial charge in [0.05, 0.1) is 11.1 Å². The van der Waals surface area contributed by atoms with E-state index in [4.69, 9.17) is 36.0 Å². The summed E-state index contributed by atoms with van der Waals surface area (Å²) >= 11 is 6.27. The molecule has 6 heteroatoms. The van der Waals surface area contributed by atoms with Crippen LogP contribution in [0.5, 0.6) is 0 Å². The molecule has 0 aliphatic carbocycles. The van der Waals surface area contributed by atoms with Gasteiger partial charge in [0, 0.05) is 26.7 Å². The topological polar surface area (TPSA) is 64.7 Å². The van der Waals surface area contributed by atoms with Crippen molar-refractivity contribution in [2.45, 2.75) is 0 Å². The molecule has 0 N–H and O–H groups in total. The average molecular weight is 485 g/mol. The predicted octanol–water partition coefficient (Wildman–Crippen LogP) is 7.97. The summed E-state index contributed by atoms with van der Waals surface area (Å²) < 4.78 is 6.27. The molecule has 7 aromatic rings. The molecule has 0 unspecified atom stereocenters. The monoisotopic (exact) mass is 484 g/mol. The molecule has 0 fully saturated rings. The molecular weight excluding hydrogens is 468 g/mol. The van der Waals surface area contributed by atoms with E-state index in [2.05, 4.69) is 0 Å². The molecule has 36 heavy (non-hydrogen) atoms. The van der Waals surface area contributed by atoms with E-state index < -0.39 is 0 Å². The maximum atomic E-state index is 6.27. The SMILES string of the molecule is Clc1ccc2oc3c(-c4nc(-c5ccccc5)nc(-c5ccc6ccccc6n5)n4)cccc3c2c1. The number of pyridine rings is 1. The van der Waals surface area contributed by atoms with E-state index >= 15 is 0 Å². The summed E-state index contributed by atoms with van der Waals surface area (Å²) in [6.07, 6.45) is 0.